The lowest BCUT2D eigenvalue weighted by Crippen LogP contribution is -2.22. The Kier molecular flexibility index (Phi) is 5.31. The van der Waals surface area contributed by atoms with Crippen LogP contribution in [-0.4, -0.2) is 41.3 Å². The molecule has 0 atom stereocenters. The molecule has 8 heteroatoms. The van der Waals surface area contributed by atoms with Crippen molar-refractivity contribution in [2.45, 2.75) is 6.92 Å². The van der Waals surface area contributed by atoms with Crippen LogP contribution in [0.3, 0.4) is 0 Å². The number of benzene rings is 1. The molecule has 0 saturated carbocycles. The third-order valence-electron chi connectivity index (χ3n) is 3.40. The van der Waals surface area contributed by atoms with Gasteiger partial charge >= 0.3 is 11.9 Å². The Hall–Kier alpha value is -3.16. The first kappa shape index (κ1) is 17.2. The molecule has 8 nitrogen and oxygen atoms in total. The number of hydrogen-bond donors (Lipinski definition) is 1. The maximum atomic E-state index is 11.9. The van der Waals surface area contributed by atoms with Crippen molar-refractivity contribution in [2.24, 2.45) is 7.05 Å². The molecule has 126 valence electrons. The third-order valence-corrected chi connectivity index (χ3v) is 3.40. The van der Waals surface area contributed by atoms with E-state index in [9.17, 15) is 14.4 Å². The molecule has 0 spiro atoms. The highest BCUT2D eigenvalue weighted by molar-refractivity contribution is 6.02. The molecule has 1 aromatic heterocycles. The quantitative estimate of drug-likeness (QED) is 0.829. The van der Waals surface area contributed by atoms with Crippen molar-refractivity contribution < 1.29 is 23.9 Å². The highest BCUT2D eigenvalue weighted by atomic mass is 16.5. The molecule has 0 unspecified atom stereocenters. The number of hydrogen-bond acceptors (Lipinski definition) is 6. The zero-order chi connectivity index (χ0) is 17.7. The van der Waals surface area contributed by atoms with Crippen LogP contribution in [0, 0.1) is 6.92 Å². The monoisotopic (exact) mass is 331 g/mol. The average molecular weight is 331 g/mol. The minimum Gasteiger partial charge on any atom is -0.465 e. The van der Waals surface area contributed by atoms with Crippen LogP contribution in [0.4, 0.5) is 5.69 Å². The standard InChI is InChI=1S/C16H17N3O5/c1-10-12(8-17-19(10)2)16(22)24-9-14(20)18-13-7-5-4-6-11(13)15(21)23-3/h4-8H,9H2,1-3H3,(H,18,20). The van der Waals surface area contributed by atoms with Gasteiger partial charge in [0.2, 0.25) is 0 Å². The lowest BCUT2D eigenvalue weighted by Gasteiger charge is -2.10. The fourth-order valence-corrected chi connectivity index (χ4v) is 1.97. The number of carbonyl (C=O) groups is 3. The minimum absolute atomic E-state index is 0.211. The highest BCUT2D eigenvalue weighted by Gasteiger charge is 2.17. The summed E-state index contributed by atoms with van der Waals surface area (Å²) >= 11 is 0. The van der Waals surface area contributed by atoms with E-state index >= 15 is 0 Å². The summed E-state index contributed by atoms with van der Waals surface area (Å²) in [6, 6.07) is 6.38. The molecule has 0 bridgehead atoms. The molecule has 1 N–H and O–H groups in total. The summed E-state index contributed by atoms with van der Waals surface area (Å²) in [4.78, 5) is 35.5. The Morgan fingerprint density at radius 2 is 1.88 bits per heavy atom. The van der Waals surface area contributed by atoms with Gasteiger partial charge in [0, 0.05) is 12.7 Å². The molecule has 1 amide bonds. The second-order valence-electron chi connectivity index (χ2n) is 4.93. The van der Waals surface area contributed by atoms with E-state index in [-0.39, 0.29) is 11.3 Å². The SMILES string of the molecule is COC(=O)c1ccccc1NC(=O)COC(=O)c1cnn(C)c1C. The topological polar surface area (TPSA) is 99.5 Å². The van der Waals surface area contributed by atoms with Gasteiger partial charge in [-0.05, 0) is 19.1 Å². The largest absolute Gasteiger partial charge is 0.465 e. The van der Waals surface area contributed by atoms with Gasteiger partial charge in [-0.1, -0.05) is 12.1 Å². The van der Waals surface area contributed by atoms with Crippen LogP contribution in [0.2, 0.25) is 0 Å². The summed E-state index contributed by atoms with van der Waals surface area (Å²) in [5.41, 5.74) is 1.42. The number of nitrogens with one attached hydrogen (secondary N) is 1. The summed E-state index contributed by atoms with van der Waals surface area (Å²) in [5, 5.41) is 6.45. The van der Waals surface area contributed by atoms with Crippen molar-refractivity contribution in [3.05, 3.63) is 47.3 Å². The number of anilines is 1. The molecular formula is C16H17N3O5. The number of para-hydroxylation sites is 1. The van der Waals surface area contributed by atoms with E-state index in [2.05, 4.69) is 15.2 Å². The molecule has 24 heavy (non-hydrogen) atoms. The van der Waals surface area contributed by atoms with Crippen LogP contribution in [0.1, 0.15) is 26.4 Å². The van der Waals surface area contributed by atoms with Gasteiger partial charge in [0.1, 0.15) is 5.56 Å². The second kappa shape index (κ2) is 7.40. The zero-order valence-corrected chi connectivity index (χ0v) is 13.5. The number of ether oxygens (including phenoxy) is 2. The maximum absolute atomic E-state index is 11.9. The normalized spacial score (nSPS) is 10.1. The molecule has 1 heterocycles. The van der Waals surface area contributed by atoms with E-state index in [1.54, 1.807) is 32.2 Å². The summed E-state index contributed by atoms with van der Waals surface area (Å²) in [6.07, 6.45) is 1.38. The van der Waals surface area contributed by atoms with Gasteiger partial charge in [-0.25, -0.2) is 9.59 Å². The van der Waals surface area contributed by atoms with Crippen LogP contribution in [0.25, 0.3) is 0 Å². The number of aryl methyl sites for hydroxylation is 1. The van der Waals surface area contributed by atoms with Crippen LogP contribution >= 0.6 is 0 Å². The van der Waals surface area contributed by atoms with Gasteiger partial charge in [0.25, 0.3) is 5.91 Å². The summed E-state index contributed by atoms with van der Waals surface area (Å²) in [5.74, 6) is -1.79. The number of nitrogens with zero attached hydrogens (tertiary/aromatic N) is 2. The van der Waals surface area contributed by atoms with Gasteiger partial charge in [0.05, 0.1) is 24.6 Å². The van der Waals surface area contributed by atoms with Gasteiger partial charge in [0.15, 0.2) is 6.61 Å². The number of methoxy groups -OCH3 is 1. The van der Waals surface area contributed by atoms with Gasteiger partial charge in [-0.2, -0.15) is 5.10 Å². The third kappa shape index (κ3) is 3.78. The fourth-order valence-electron chi connectivity index (χ4n) is 1.97. The lowest BCUT2D eigenvalue weighted by molar-refractivity contribution is -0.119. The fraction of sp³-hybridized carbons (Fsp3) is 0.250. The number of esters is 2. The summed E-state index contributed by atoms with van der Waals surface area (Å²) in [6.45, 7) is 1.24. The highest BCUT2D eigenvalue weighted by Crippen LogP contribution is 2.16. The first-order valence-corrected chi connectivity index (χ1v) is 7.07. The minimum atomic E-state index is -0.642. The first-order chi connectivity index (χ1) is 11.4. The molecule has 0 saturated heterocycles. The maximum Gasteiger partial charge on any atom is 0.342 e. The number of aromatic nitrogens is 2. The van der Waals surface area contributed by atoms with E-state index in [0.717, 1.165) is 0 Å². The van der Waals surface area contributed by atoms with Crippen molar-refractivity contribution in [2.75, 3.05) is 19.0 Å². The van der Waals surface area contributed by atoms with Crippen LogP contribution < -0.4 is 5.32 Å². The summed E-state index contributed by atoms with van der Waals surface area (Å²) < 4.78 is 11.1. The molecule has 0 aliphatic rings. The summed E-state index contributed by atoms with van der Waals surface area (Å²) in [7, 11) is 2.95. The molecule has 2 rings (SSSR count). The predicted molar refractivity (Wildman–Crippen MR) is 84.6 cm³/mol. The second-order valence-corrected chi connectivity index (χ2v) is 4.93. The van der Waals surface area contributed by atoms with E-state index in [1.807, 2.05) is 0 Å². The number of rotatable bonds is 5. The first-order valence-electron chi connectivity index (χ1n) is 7.07. The Morgan fingerprint density at radius 1 is 1.17 bits per heavy atom. The molecule has 2 aromatic rings. The zero-order valence-electron chi connectivity index (χ0n) is 13.5. The Morgan fingerprint density at radius 3 is 2.50 bits per heavy atom. The van der Waals surface area contributed by atoms with Crippen molar-refractivity contribution in [1.29, 1.82) is 0 Å². The van der Waals surface area contributed by atoms with E-state index in [1.165, 1.54) is 24.1 Å². The van der Waals surface area contributed by atoms with Crippen LogP contribution in [0.15, 0.2) is 30.5 Å². The van der Waals surface area contributed by atoms with Gasteiger partial charge in [-0.15, -0.1) is 0 Å². The van der Waals surface area contributed by atoms with Crippen molar-refractivity contribution in [3.63, 3.8) is 0 Å². The Labute approximate surface area is 138 Å². The molecule has 0 fully saturated rings. The number of amides is 1. The van der Waals surface area contributed by atoms with Crippen molar-refractivity contribution in [3.8, 4) is 0 Å². The van der Waals surface area contributed by atoms with Crippen molar-refractivity contribution in [1.82, 2.24) is 9.78 Å². The van der Waals surface area contributed by atoms with Crippen molar-refractivity contribution >= 4 is 23.5 Å². The molecular weight excluding hydrogens is 314 g/mol. The van der Waals surface area contributed by atoms with Crippen LogP contribution in [-0.2, 0) is 21.3 Å². The molecule has 0 aliphatic heterocycles. The molecule has 1 aromatic carbocycles. The molecule has 0 radical (unpaired) electrons. The Bertz CT molecular complexity index is 782. The van der Waals surface area contributed by atoms with E-state index < -0.39 is 24.5 Å². The van der Waals surface area contributed by atoms with Gasteiger partial charge in [-0.3, -0.25) is 9.48 Å². The number of carbonyl (C=O) groups excluding carboxylic acids is 3. The lowest BCUT2D eigenvalue weighted by atomic mass is 10.2. The van der Waals surface area contributed by atoms with Gasteiger partial charge < -0.3 is 14.8 Å². The van der Waals surface area contributed by atoms with E-state index in [0.29, 0.717) is 11.3 Å². The molecule has 0 aliphatic carbocycles. The Balaban J connectivity index is 1.98. The smallest absolute Gasteiger partial charge is 0.342 e. The van der Waals surface area contributed by atoms with Crippen LogP contribution in [0.5, 0.6) is 0 Å². The van der Waals surface area contributed by atoms with E-state index in [4.69, 9.17) is 4.74 Å². The average Bonchev–Trinajstić information content (AvgIpc) is 2.92. The predicted octanol–water partition coefficient (Wildman–Crippen LogP) is 1.31.